The second kappa shape index (κ2) is 7.63. The first-order chi connectivity index (χ1) is 16.5. The van der Waals surface area contributed by atoms with Gasteiger partial charge in [0.1, 0.15) is 23.0 Å². The third kappa shape index (κ3) is 3.19. The molecular weight excluding hydrogens is 455 g/mol. The van der Waals surface area contributed by atoms with E-state index in [2.05, 4.69) is 20.4 Å². The fourth-order valence-corrected chi connectivity index (χ4v) is 4.78. The Bertz CT molecular complexity index is 1680. The number of aromatic nitrogens is 5. The van der Waals surface area contributed by atoms with E-state index in [1.54, 1.807) is 48.3 Å². The lowest BCUT2D eigenvalue weighted by Crippen LogP contribution is -2.15. The van der Waals surface area contributed by atoms with Crippen molar-refractivity contribution < 1.29 is 13.6 Å². The van der Waals surface area contributed by atoms with E-state index in [1.807, 2.05) is 22.9 Å². The molecule has 6 aromatic rings. The highest BCUT2D eigenvalue weighted by molar-refractivity contribution is 7.15. The number of hydrogen-bond donors (Lipinski definition) is 1. The fraction of sp³-hybridized carbons (Fsp3) is 0.0833. The Morgan fingerprint density at radius 3 is 2.76 bits per heavy atom. The third-order valence-electron chi connectivity index (χ3n) is 5.60. The highest BCUT2D eigenvalue weighted by Crippen LogP contribution is 2.33. The monoisotopic (exact) mass is 472 g/mol. The summed E-state index contributed by atoms with van der Waals surface area (Å²) in [7, 11) is 1.79. The highest BCUT2D eigenvalue weighted by Gasteiger charge is 2.23. The van der Waals surface area contributed by atoms with Crippen LogP contribution in [0, 0.1) is 12.7 Å². The first-order valence-corrected chi connectivity index (χ1v) is 11.3. The smallest absolute Gasteiger partial charge is 0.257 e. The van der Waals surface area contributed by atoms with Gasteiger partial charge in [-0.2, -0.15) is 5.10 Å². The molecule has 34 heavy (non-hydrogen) atoms. The number of fused-ring (bicyclic) bond motifs is 2. The average Bonchev–Trinajstić information content (AvgIpc) is 3.61. The van der Waals surface area contributed by atoms with Crippen molar-refractivity contribution in [1.29, 1.82) is 0 Å². The van der Waals surface area contributed by atoms with E-state index in [0.29, 0.717) is 55.8 Å². The Hall–Kier alpha value is -4.31. The molecule has 0 radical (unpaired) electrons. The number of aryl methyl sites for hydroxylation is 2. The summed E-state index contributed by atoms with van der Waals surface area (Å²) < 4.78 is 22.5. The van der Waals surface area contributed by atoms with Gasteiger partial charge in [0.2, 0.25) is 0 Å². The Balaban J connectivity index is 1.50. The molecule has 0 spiro atoms. The first-order valence-electron chi connectivity index (χ1n) is 10.4. The van der Waals surface area contributed by atoms with Gasteiger partial charge in [0.25, 0.3) is 5.91 Å². The van der Waals surface area contributed by atoms with E-state index >= 15 is 0 Å². The van der Waals surface area contributed by atoms with Gasteiger partial charge in [-0.3, -0.25) is 13.9 Å². The number of thiazole rings is 1. The second-order valence-corrected chi connectivity index (χ2v) is 8.64. The number of carbonyl (C=O) groups excluding carboxylic acids is 1. The van der Waals surface area contributed by atoms with E-state index in [-0.39, 0.29) is 11.7 Å². The van der Waals surface area contributed by atoms with Crippen molar-refractivity contribution in [2.45, 2.75) is 6.92 Å². The van der Waals surface area contributed by atoms with Gasteiger partial charge in [-0.15, -0.1) is 11.3 Å². The van der Waals surface area contributed by atoms with Gasteiger partial charge in [0.05, 0.1) is 22.9 Å². The van der Waals surface area contributed by atoms with Gasteiger partial charge in [-0.1, -0.05) is 0 Å². The minimum absolute atomic E-state index is 0.340. The number of imidazole rings is 1. The molecule has 0 unspecified atom stereocenters. The molecule has 1 aromatic carbocycles. The number of nitrogens with one attached hydrogen (secondary N) is 1. The van der Waals surface area contributed by atoms with Crippen LogP contribution in [0.15, 0.2) is 64.7 Å². The van der Waals surface area contributed by atoms with Crippen molar-refractivity contribution in [3.8, 4) is 22.7 Å². The van der Waals surface area contributed by atoms with Crippen LogP contribution in [-0.2, 0) is 7.05 Å². The zero-order valence-corrected chi connectivity index (χ0v) is 18.9. The fourth-order valence-electron chi connectivity index (χ4n) is 4.06. The van der Waals surface area contributed by atoms with Crippen LogP contribution >= 0.6 is 11.3 Å². The summed E-state index contributed by atoms with van der Waals surface area (Å²) in [5, 5.41) is 10.0. The maximum atomic E-state index is 13.7. The molecule has 0 bridgehead atoms. The van der Waals surface area contributed by atoms with Crippen molar-refractivity contribution in [3.63, 3.8) is 0 Å². The van der Waals surface area contributed by atoms with Gasteiger partial charge in [-0.05, 0) is 49.4 Å². The van der Waals surface area contributed by atoms with Gasteiger partial charge in [-0.25, -0.2) is 14.4 Å². The number of halogens is 1. The molecule has 1 amide bonds. The van der Waals surface area contributed by atoms with E-state index in [4.69, 9.17) is 4.42 Å². The van der Waals surface area contributed by atoms with E-state index in [0.717, 1.165) is 0 Å². The van der Waals surface area contributed by atoms with Crippen LogP contribution in [0.1, 0.15) is 16.1 Å². The Morgan fingerprint density at radius 1 is 1.18 bits per heavy atom. The molecule has 0 saturated heterocycles. The Morgan fingerprint density at radius 2 is 2.00 bits per heavy atom. The molecular formula is C24H17FN6O2S. The molecule has 0 saturated carbocycles. The Kier molecular flexibility index (Phi) is 4.56. The van der Waals surface area contributed by atoms with Crippen molar-refractivity contribution in [2.24, 2.45) is 7.05 Å². The predicted octanol–water partition coefficient (Wildman–Crippen LogP) is 5.30. The topological polar surface area (TPSA) is 90.2 Å². The summed E-state index contributed by atoms with van der Waals surface area (Å²) in [6.07, 6.45) is 3.39. The highest BCUT2D eigenvalue weighted by atomic mass is 32.1. The summed E-state index contributed by atoms with van der Waals surface area (Å²) in [5.74, 6) is 0.366. The molecule has 1 N–H and O–H groups in total. The number of amides is 1. The maximum Gasteiger partial charge on any atom is 0.257 e. The quantitative estimate of drug-likeness (QED) is 0.376. The normalized spacial score (nSPS) is 11.5. The molecule has 0 aliphatic rings. The van der Waals surface area contributed by atoms with Crippen LogP contribution < -0.4 is 5.32 Å². The number of pyridine rings is 1. The van der Waals surface area contributed by atoms with Crippen LogP contribution in [0.2, 0.25) is 0 Å². The molecule has 5 heterocycles. The molecule has 0 aliphatic carbocycles. The minimum Gasteiger partial charge on any atom is -0.463 e. The first kappa shape index (κ1) is 20.3. The molecule has 8 nitrogen and oxygen atoms in total. The average molecular weight is 473 g/mol. The number of carbonyl (C=O) groups is 1. The lowest BCUT2D eigenvalue weighted by atomic mass is 10.1. The maximum absolute atomic E-state index is 13.7. The number of hydrogen-bond acceptors (Lipinski definition) is 6. The van der Waals surface area contributed by atoms with Crippen LogP contribution in [0.4, 0.5) is 10.2 Å². The number of nitrogens with zero attached hydrogens (tertiary/aromatic N) is 5. The summed E-state index contributed by atoms with van der Waals surface area (Å²) in [6.45, 7) is 1.84. The van der Waals surface area contributed by atoms with Crippen molar-refractivity contribution in [2.75, 3.05) is 5.32 Å². The molecule has 10 heteroatoms. The number of benzene rings is 1. The van der Waals surface area contributed by atoms with Crippen molar-refractivity contribution in [1.82, 2.24) is 24.1 Å². The SMILES string of the molecule is Cc1nn(C)c2nc(-c3ccco3)cc(C(=O)Nc3c(-c4ccc(F)cc4)nc4sccn34)c12. The lowest BCUT2D eigenvalue weighted by Gasteiger charge is -2.10. The molecule has 5 aromatic heterocycles. The van der Waals surface area contributed by atoms with Crippen molar-refractivity contribution >= 4 is 39.1 Å². The predicted molar refractivity (Wildman–Crippen MR) is 127 cm³/mol. The second-order valence-electron chi connectivity index (χ2n) is 7.77. The minimum atomic E-state index is -0.341. The summed E-state index contributed by atoms with van der Waals surface area (Å²) in [6, 6.07) is 11.3. The summed E-state index contributed by atoms with van der Waals surface area (Å²) >= 11 is 1.44. The van der Waals surface area contributed by atoms with Crippen LogP contribution in [0.5, 0.6) is 0 Å². The van der Waals surface area contributed by atoms with Gasteiger partial charge in [0.15, 0.2) is 16.4 Å². The largest absolute Gasteiger partial charge is 0.463 e. The van der Waals surface area contributed by atoms with E-state index < -0.39 is 0 Å². The Labute approximate surface area is 196 Å². The van der Waals surface area contributed by atoms with Crippen LogP contribution in [0.3, 0.4) is 0 Å². The van der Waals surface area contributed by atoms with Gasteiger partial charge in [0, 0.05) is 24.2 Å². The number of rotatable bonds is 4. The van der Waals surface area contributed by atoms with Crippen LogP contribution in [-0.4, -0.2) is 30.1 Å². The van der Waals surface area contributed by atoms with E-state index in [1.165, 1.54) is 23.5 Å². The molecule has 168 valence electrons. The molecule has 0 atom stereocenters. The van der Waals surface area contributed by atoms with E-state index in [9.17, 15) is 9.18 Å². The third-order valence-corrected chi connectivity index (χ3v) is 6.36. The standard InChI is InChI=1S/C24H17FN6O2S/c1-13-19-16(12-17(18-4-3-10-33-18)26-21(19)30(2)29-13)23(32)28-22-20(14-5-7-15(25)8-6-14)27-24-31(22)9-11-34-24/h3-12H,1-2H3,(H,28,32). The molecule has 0 fully saturated rings. The summed E-state index contributed by atoms with van der Waals surface area (Å²) in [5.41, 5.74) is 3.45. The van der Waals surface area contributed by atoms with Gasteiger partial charge < -0.3 is 9.73 Å². The lowest BCUT2D eigenvalue weighted by molar-refractivity contribution is 0.102. The van der Waals surface area contributed by atoms with Crippen molar-refractivity contribution in [3.05, 3.63) is 77.4 Å². The molecule has 6 rings (SSSR count). The summed E-state index contributed by atoms with van der Waals surface area (Å²) in [4.78, 5) is 23.8. The van der Waals surface area contributed by atoms with Crippen LogP contribution in [0.25, 0.3) is 38.7 Å². The van der Waals surface area contributed by atoms with Gasteiger partial charge >= 0.3 is 0 Å². The number of furan rings is 1. The zero-order valence-electron chi connectivity index (χ0n) is 18.1. The number of anilines is 1. The zero-order chi connectivity index (χ0) is 23.4. The molecule has 0 aliphatic heterocycles.